The third kappa shape index (κ3) is 2.37. The second-order valence-corrected chi connectivity index (χ2v) is 5.98. The first kappa shape index (κ1) is 12.6. The summed E-state index contributed by atoms with van der Waals surface area (Å²) in [6, 6.07) is 11.9. The van der Waals surface area contributed by atoms with Crippen LogP contribution in [0.2, 0.25) is 0 Å². The number of fused-ring (bicyclic) bond motifs is 1. The number of hydrogen-bond donors (Lipinski definition) is 0. The lowest BCUT2D eigenvalue weighted by Crippen LogP contribution is -2.02. The van der Waals surface area contributed by atoms with Gasteiger partial charge in [-0.15, -0.1) is 0 Å². The van der Waals surface area contributed by atoms with E-state index >= 15 is 0 Å². The van der Waals surface area contributed by atoms with E-state index in [2.05, 4.69) is 28.1 Å². The number of carbonyl (C=O) groups is 1. The Kier molecular flexibility index (Phi) is 3.28. The lowest BCUT2D eigenvalue weighted by Gasteiger charge is -2.06. The molecule has 0 aliphatic heterocycles. The summed E-state index contributed by atoms with van der Waals surface area (Å²) in [5.74, 6) is 0.107. The molecule has 2 heteroatoms. The van der Waals surface area contributed by atoms with Crippen molar-refractivity contribution in [3.8, 4) is 0 Å². The predicted molar refractivity (Wildman–Crippen MR) is 80.8 cm³/mol. The lowest BCUT2D eigenvalue weighted by molar-refractivity contribution is 0.103. The molecule has 0 saturated carbocycles. The van der Waals surface area contributed by atoms with Crippen LogP contribution in [0.25, 0.3) is 0 Å². The van der Waals surface area contributed by atoms with Gasteiger partial charge in [-0.25, -0.2) is 0 Å². The third-order valence-electron chi connectivity index (χ3n) is 3.79. The summed E-state index contributed by atoms with van der Waals surface area (Å²) >= 11 is 3.48. The molecule has 0 heterocycles. The lowest BCUT2D eigenvalue weighted by atomic mass is 9.99. The molecule has 2 aromatic carbocycles. The van der Waals surface area contributed by atoms with Crippen LogP contribution in [0.15, 0.2) is 40.9 Å². The zero-order chi connectivity index (χ0) is 13.4. The van der Waals surface area contributed by atoms with E-state index in [0.29, 0.717) is 0 Å². The van der Waals surface area contributed by atoms with Crippen LogP contribution in [0.4, 0.5) is 0 Å². The van der Waals surface area contributed by atoms with E-state index in [1.54, 1.807) is 0 Å². The topological polar surface area (TPSA) is 17.1 Å². The Balaban J connectivity index is 1.97. The molecule has 2 aromatic rings. The molecule has 0 N–H and O–H groups in total. The van der Waals surface area contributed by atoms with Crippen molar-refractivity contribution in [1.82, 2.24) is 0 Å². The number of carbonyl (C=O) groups excluding carboxylic acids is 1. The Morgan fingerprint density at radius 3 is 2.47 bits per heavy atom. The number of benzene rings is 2. The first-order chi connectivity index (χ1) is 9.15. The maximum Gasteiger partial charge on any atom is 0.193 e. The average molecular weight is 315 g/mol. The highest BCUT2D eigenvalue weighted by Crippen LogP contribution is 2.25. The molecule has 0 unspecified atom stereocenters. The maximum atomic E-state index is 12.5. The van der Waals surface area contributed by atoms with Crippen LogP contribution >= 0.6 is 15.9 Å². The van der Waals surface area contributed by atoms with Gasteiger partial charge in [0, 0.05) is 15.6 Å². The van der Waals surface area contributed by atoms with Crippen molar-refractivity contribution in [1.29, 1.82) is 0 Å². The number of halogens is 1. The van der Waals surface area contributed by atoms with Crippen LogP contribution in [-0.4, -0.2) is 5.78 Å². The Bertz CT molecular complexity index is 658. The van der Waals surface area contributed by atoms with E-state index in [-0.39, 0.29) is 5.78 Å². The molecule has 0 bridgehead atoms. The van der Waals surface area contributed by atoms with Gasteiger partial charge in [0.25, 0.3) is 0 Å². The molecule has 0 saturated heterocycles. The van der Waals surface area contributed by atoms with Gasteiger partial charge in [-0.3, -0.25) is 4.79 Å². The first-order valence-corrected chi connectivity index (χ1v) is 7.37. The van der Waals surface area contributed by atoms with Gasteiger partial charge in [-0.1, -0.05) is 40.2 Å². The van der Waals surface area contributed by atoms with E-state index in [9.17, 15) is 4.79 Å². The number of ketones is 1. The Labute approximate surface area is 121 Å². The molecular formula is C17H15BrO. The predicted octanol–water partition coefficient (Wildman–Crippen LogP) is 4.48. The summed E-state index contributed by atoms with van der Waals surface area (Å²) in [6.45, 7) is 2.02. The van der Waals surface area contributed by atoms with Crippen molar-refractivity contribution < 1.29 is 4.79 Å². The number of rotatable bonds is 2. The Morgan fingerprint density at radius 1 is 1.00 bits per heavy atom. The van der Waals surface area contributed by atoms with Gasteiger partial charge < -0.3 is 0 Å². The molecule has 0 aromatic heterocycles. The van der Waals surface area contributed by atoms with Crippen LogP contribution in [0.5, 0.6) is 0 Å². The highest BCUT2D eigenvalue weighted by Gasteiger charge is 2.15. The van der Waals surface area contributed by atoms with E-state index in [4.69, 9.17) is 0 Å². The van der Waals surface area contributed by atoms with Crippen molar-refractivity contribution in [2.45, 2.75) is 26.2 Å². The zero-order valence-corrected chi connectivity index (χ0v) is 12.5. The average Bonchev–Trinajstić information content (AvgIpc) is 2.88. The molecule has 19 heavy (non-hydrogen) atoms. The normalized spacial score (nSPS) is 13.4. The van der Waals surface area contributed by atoms with Gasteiger partial charge in [-0.2, -0.15) is 0 Å². The molecule has 0 amide bonds. The van der Waals surface area contributed by atoms with Gasteiger partial charge in [-0.05, 0) is 55.0 Å². The smallest absolute Gasteiger partial charge is 0.193 e. The monoisotopic (exact) mass is 314 g/mol. The number of hydrogen-bond acceptors (Lipinski definition) is 1. The molecule has 96 valence electrons. The van der Waals surface area contributed by atoms with Gasteiger partial charge in [0.15, 0.2) is 5.78 Å². The summed E-state index contributed by atoms with van der Waals surface area (Å²) in [5.41, 5.74) is 5.44. The van der Waals surface area contributed by atoms with Crippen molar-refractivity contribution in [3.05, 3.63) is 68.7 Å². The summed E-state index contributed by atoms with van der Waals surface area (Å²) in [4.78, 5) is 12.5. The minimum absolute atomic E-state index is 0.107. The minimum atomic E-state index is 0.107. The fourth-order valence-electron chi connectivity index (χ4n) is 2.61. The minimum Gasteiger partial charge on any atom is -0.289 e. The maximum absolute atomic E-state index is 12.5. The molecule has 0 fully saturated rings. The third-order valence-corrected chi connectivity index (χ3v) is 4.65. The van der Waals surface area contributed by atoms with E-state index in [1.807, 2.05) is 31.2 Å². The summed E-state index contributed by atoms with van der Waals surface area (Å²) in [6.07, 6.45) is 3.47. The standard InChI is InChI=1S/C17H15BrO/c1-11-5-6-15(10-16(11)18)17(19)14-8-7-12-3-2-4-13(12)9-14/h5-10H,2-4H2,1H3. The van der Waals surface area contributed by atoms with Crippen LogP contribution in [0.3, 0.4) is 0 Å². The van der Waals surface area contributed by atoms with Crippen LogP contribution in [0, 0.1) is 6.92 Å². The second kappa shape index (κ2) is 4.93. The zero-order valence-electron chi connectivity index (χ0n) is 10.9. The van der Waals surface area contributed by atoms with Crippen LogP contribution < -0.4 is 0 Å². The molecule has 1 aliphatic carbocycles. The number of aryl methyl sites for hydroxylation is 3. The summed E-state index contributed by atoms with van der Waals surface area (Å²) in [7, 11) is 0. The summed E-state index contributed by atoms with van der Waals surface area (Å²) in [5, 5.41) is 0. The highest BCUT2D eigenvalue weighted by atomic mass is 79.9. The largest absolute Gasteiger partial charge is 0.289 e. The SMILES string of the molecule is Cc1ccc(C(=O)c2ccc3c(c2)CCC3)cc1Br. The molecular weight excluding hydrogens is 300 g/mol. The molecule has 0 radical (unpaired) electrons. The first-order valence-electron chi connectivity index (χ1n) is 6.58. The van der Waals surface area contributed by atoms with Crippen LogP contribution in [0.1, 0.15) is 39.0 Å². The molecule has 1 aliphatic rings. The van der Waals surface area contributed by atoms with Crippen LogP contribution in [-0.2, 0) is 12.8 Å². The fraction of sp³-hybridized carbons (Fsp3) is 0.235. The Morgan fingerprint density at radius 2 is 1.68 bits per heavy atom. The van der Waals surface area contributed by atoms with Gasteiger partial charge in [0.2, 0.25) is 0 Å². The van der Waals surface area contributed by atoms with Gasteiger partial charge in [0.1, 0.15) is 0 Å². The van der Waals surface area contributed by atoms with Crippen molar-refractivity contribution >= 4 is 21.7 Å². The molecule has 3 rings (SSSR count). The van der Waals surface area contributed by atoms with Gasteiger partial charge >= 0.3 is 0 Å². The Hall–Kier alpha value is -1.41. The van der Waals surface area contributed by atoms with Crippen molar-refractivity contribution in [3.63, 3.8) is 0 Å². The molecule has 0 spiro atoms. The van der Waals surface area contributed by atoms with E-state index in [0.717, 1.165) is 34.0 Å². The quantitative estimate of drug-likeness (QED) is 0.747. The van der Waals surface area contributed by atoms with Gasteiger partial charge in [0.05, 0.1) is 0 Å². The van der Waals surface area contributed by atoms with Crippen molar-refractivity contribution in [2.75, 3.05) is 0 Å². The van der Waals surface area contributed by atoms with E-state index < -0.39 is 0 Å². The second-order valence-electron chi connectivity index (χ2n) is 5.13. The molecule has 1 nitrogen and oxygen atoms in total. The fourth-order valence-corrected chi connectivity index (χ4v) is 2.99. The summed E-state index contributed by atoms with van der Waals surface area (Å²) < 4.78 is 0.986. The van der Waals surface area contributed by atoms with E-state index in [1.165, 1.54) is 17.5 Å². The molecule has 0 atom stereocenters. The van der Waals surface area contributed by atoms with Crippen molar-refractivity contribution in [2.24, 2.45) is 0 Å². The highest BCUT2D eigenvalue weighted by molar-refractivity contribution is 9.10.